The third kappa shape index (κ3) is 6.69. The topological polar surface area (TPSA) is 87.2 Å². The molecule has 8 heteroatoms. The van der Waals surface area contributed by atoms with Crippen molar-refractivity contribution in [1.29, 1.82) is 0 Å². The Morgan fingerprint density at radius 2 is 1.79 bits per heavy atom. The Balaban J connectivity index is 1.36. The van der Waals surface area contributed by atoms with Crippen molar-refractivity contribution >= 4 is 28.8 Å². The monoisotopic (exact) mass is 401 g/mol. The van der Waals surface area contributed by atoms with E-state index in [0.717, 1.165) is 19.6 Å². The molecule has 0 saturated carbocycles. The Kier molecular flexibility index (Phi) is 7.93. The van der Waals surface area contributed by atoms with Crippen LogP contribution < -0.4 is 10.6 Å². The summed E-state index contributed by atoms with van der Waals surface area (Å²) in [6.45, 7) is 3.86. The van der Waals surface area contributed by atoms with E-state index < -0.39 is 0 Å². The summed E-state index contributed by atoms with van der Waals surface area (Å²) in [6, 6.07) is 9.22. The third-order valence-electron chi connectivity index (χ3n) is 4.71. The molecule has 7 nitrogen and oxygen atoms in total. The standard InChI is InChI=1S/C20H27N5O2S/c26-17(21-12-15-25-13-6-1-2-7-14-25)10-11-18-23-24-20(28-18)19(27)22-16-8-4-3-5-9-16/h3-5,8-9H,1-2,6-7,10-15H2,(H,21,26)(H,22,27). The molecule has 1 fully saturated rings. The van der Waals surface area contributed by atoms with Crippen LogP contribution >= 0.6 is 11.3 Å². The molecule has 28 heavy (non-hydrogen) atoms. The molecule has 0 bridgehead atoms. The molecule has 2 heterocycles. The van der Waals surface area contributed by atoms with E-state index in [2.05, 4.69) is 25.7 Å². The molecule has 0 atom stereocenters. The maximum Gasteiger partial charge on any atom is 0.286 e. The van der Waals surface area contributed by atoms with E-state index in [-0.39, 0.29) is 11.8 Å². The highest BCUT2D eigenvalue weighted by Gasteiger charge is 2.14. The number of para-hydroxylation sites is 1. The molecule has 1 aromatic heterocycles. The van der Waals surface area contributed by atoms with E-state index in [1.54, 1.807) is 0 Å². The lowest BCUT2D eigenvalue weighted by Gasteiger charge is -2.19. The number of anilines is 1. The summed E-state index contributed by atoms with van der Waals surface area (Å²) in [5.74, 6) is -0.267. The first-order chi connectivity index (χ1) is 13.7. The second kappa shape index (κ2) is 10.9. The predicted molar refractivity (Wildman–Crippen MR) is 111 cm³/mol. The molecule has 2 aromatic rings. The van der Waals surface area contributed by atoms with E-state index in [4.69, 9.17) is 0 Å². The number of likely N-dealkylation sites (tertiary alicyclic amines) is 1. The fourth-order valence-corrected chi connectivity index (χ4v) is 3.91. The molecule has 2 amide bonds. The first kappa shape index (κ1) is 20.4. The predicted octanol–water partition coefficient (Wildman–Crippen LogP) is 2.72. The van der Waals surface area contributed by atoms with Gasteiger partial charge in [-0.05, 0) is 38.1 Å². The van der Waals surface area contributed by atoms with Crippen LogP contribution in [0.15, 0.2) is 30.3 Å². The number of aromatic nitrogens is 2. The van der Waals surface area contributed by atoms with Gasteiger partial charge < -0.3 is 15.5 Å². The van der Waals surface area contributed by atoms with Gasteiger partial charge in [0.2, 0.25) is 10.9 Å². The number of nitrogens with one attached hydrogen (secondary N) is 2. The number of hydrogen-bond donors (Lipinski definition) is 2. The second-order valence-corrected chi connectivity index (χ2v) is 7.99. The van der Waals surface area contributed by atoms with E-state index in [1.807, 2.05) is 30.3 Å². The summed E-state index contributed by atoms with van der Waals surface area (Å²) in [4.78, 5) is 26.7. The van der Waals surface area contributed by atoms with Gasteiger partial charge in [-0.25, -0.2) is 0 Å². The molecular formula is C20H27N5O2S. The summed E-state index contributed by atoms with van der Waals surface area (Å²) in [7, 11) is 0. The van der Waals surface area contributed by atoms with Crippen molar-refractivity contribution in [3.05, 3.63) is 40.3 Å². The number of benzene rings is 1. The Bertz CT molecular complexity index is 757. The number of amides is 2. The zero-order valence-electron chi connectivity index (χ0n) is 16.0. The smallest absolute Gasteiger partial charge is 0.286 e. The van der Waals surface area contributed by atoms with Gasteiger partial charge in [-0.15, -0.1) is 10.2 Å². The number of nitrogens with zero attached hydrogens (tertiary/aromatic N) is 3. The van der Waals surface area contributed by atoms with Crippen molar-refractivity contribution in [2.45, 2.75) is 38.5 Å². The van der Waals surface area contributed by atoms with Crippen LogP contribution in [0.25, 0.3) is 0 Å². The number of carbonyl (C=O) groups is 2. The van der Waals surface area contributed by atoms with Crippen LogP contribution in [0.5, 0.6) is 0 Å². The molecule has 2 N–H and O–H groups in total. The minimum atomic E-state index is -0.281. The summed E-state index contributed by atoms with van der Waals surface area (Å²) in [6.07, 6.45) is 5.99. The molecule has 0 aliphatic carbocycles. The van der Waals surface area contributed by atoms with Crippen LogP contribution in [-0.4, -0.2) is 53.1 Å². The average Bonchev–Trinajstić information content (AvgIpc) is 3.04. The molecule has 0 spiro atoms. The minimum absolute atomic E-state index is 0.0142. The van der Waals surface area contributed by atoms with Gasteiger partial charge in [0.15, 0.2) is 0 Å². The number of rotatable bonds is 8. The van der Waals surface area contributed by atoms with Crippen LogP contribution in [0.4, 0.5) is 5.69 Å². The van der Waals surface area contributed by atoms with Gasteiger partial charge in [0.25, 0.3) is 5.91 Å². The fourth-order valence-electron chi connectivity index (χ4n) is 3.17. The van der Waals surface area contributed by atoms with Crippen LogP contribution in [0.2, 0.25) is 0 Å². The summed E-state index contributed by atoms with van der Waals surface area (Å²) >= 11 is 1.23. The summed E-state index contributed by atoms with van der Waals surface area (Å²) < 4.78 is 0. The Hall–Kier alpha value is -2.32. The maximum absolute atomic E-state index is 12.2. The summed E-state index contributed by atoms with van der Waals surface area (Å²) in [5.41, 5.74) is 0.716. The van der Waals surface area contributed by atoms with Gasteiger partial charge in [-0.2, -0.15) is 0 Å². The van der Waals surface area contributed by atoms with E-state index in [0.29, 0.717) is 35.1 Å². The Morgan fingerprint density at radius 1 is 1.04 bits per heavy atom. The molecule has 150 valence electrons. The molecule has 1 aliphatic rings. The summed E-state index contributed by atoms with van der Waals surface area (Å²) in [5, 5.41) is 14.7. The maximum atomic E-state index is 12.2. The zero-order valence-corrected chi connectivity index (χ0v) is 16.8. The first-order valence-electron chi connectivity index (χ1n) is 9.88. The lowest BCUT2D eigenvalue weighted by Crippen LogP contribution is -2.35. The van der Waals surface area contributed by atoms with Crippen LogP contribution in [0.3, 0.4) is 0 Å². The largest absolute Gasteiger partial charge is 0.355 e. The zero-order chi connectivity index (χ0) is 19.6. The highest BCUT2D eigenvalue weighted by molar-refractivity contribution is 7.13. The van der Waals surface area contributed by atoms with Crippen molar-refractivity contribution in [3.8, 4) is 0 Å². The van der Waals surface area contributed by atoms with Crippen LogP contribution in [-0.2, 0) is 11.2 Å². The number of aryl methyl sites for hydroxylation is 1. The molecule has 0 unspecified atom stereocenters. The van der Waals surface area contributed by atoms with Gasteiger partial charge in [0.1, 0.15) is 5.01 Å². The molecule has 1 aliphatic heterocycles. The SMILES string of the molecule is O=C(CCc1nnc(C(=O)Nc2ccccc2)s1)NCCN1CCCCCC1. The number of carbonyl (C=O) groups excluding carboxylic acids is 2. The molecule has 3 rings (SSSR count). The lowest BCUT2D eigenvalue weighted by atomic mass is 10.2. The second-order valence-electron chi connectivity index (χ2n) is 6.93. The van der Waals surface area contributed by atoms with Crippen LogP contribution in [0.1, 0.15) is 46.9 Å². The molecular weight excluding hydrogens is 374 g/mol. The molecule has 1 saturated heterocycles. The highest BCUT2D eigenvalue weighted by Crippen LogP contribution is 2.14. The first-order valence-corrected chi connectivity index (χ1v) is 10.7. The van der Waals surface area contributed by atoms with E-state index in [9.17, 15) is 9.59 Å². The fraction of sp³-hybridized carbons (Fsp3) is 0.500. The van der Waals surface area contributed by atoms with Crippen LogP contribution in [0, 0.1) is 0 Å². The van der Waals surface area contributed by atoms with Gasteiger partial charge in [-0.3, -0.25) is 9.59 Å². The van der Waals surface area contributed by atoms with Gasteiger partial charge in [-0.1, -0.05) is 42.4 Å². The normalized spacial score (nSPS) is 15.0. The van der Waals surface area contributed by atoms with E-state index in [1.165, 1.54) is 37.0 Å². The van der Waals surface area contributed by atoms with Gasteiger partial charge in [0.05, 0.1) is 0 Å². The van der Waals surface area contributed by atoms with E-state index >= 15 is 0 Å². The van der Waals surface area contributed by atoms with Crippen molar-refractivity contribution in [2.75, 3.05) is 31.5 Å². The van der Waals surface area contributed by atoms with Crippen molar-refractivity contribution < 1.29 is 9.59 Å². The highest BCUT2D eigenvalue weighted by atomic mass is 32.1. The molecule has 1 aromatic carbocycles. The van der Waals surface area contributed by atoms with Crippen molar-refractivity contribution in [1.82, 2.24) is 20.4 Å². The number of hydrogen-bond acceptors (Lipinski definition) is 6. The quantitative estimate of drug-likeness (QED) is 0.710. The Morgan fingerprint density at radius 3 is 2.54 bits per heavy atom. The van der Waals surface area contributed by atoms with Gasteiger partial charge in [0, 0.05) is 31.6 Å². The third-order valence-corrected chi connectivity index (χ3v) is 5.69. The van der Waals surface area contributed by atoms with Crippen molar-refractivity contribution in [3.63, 3.8) is 0 Å². The minimum Gasteiger partial charge on any atom is -0.355 e. The Labute approximate surface area is 169 Å². The lowest BCUT2D eigenvalue weighted by molar-refractivity contribution is -0.121. The average molecular weight is 402 g/mol. The van der Waals surface area contributed by atoms with Gasteiger partial charge >= 0.3 is 0 Å². The van der Waals surface area contributed by atoms with Crippen molar-refractivity contribution in [2.24, 2.45) is 0 Å². The molecule has 0 radical (unpaired) electrons.